The van der Waals surface area contributed by atoms with Gasteiger partial charge in [-0.15, -0.1) is 0 Å². The fourth-order valence-corrected chi connectivity index (χ4v) is 3.63. The number of hydrogen-bond donors (Lipinski definition) is 2. The van der Waals surface area contributed by atoms with Gasteiger partial charge in [0.05, 0.1) is 6.04 Å². The van der Waals surface area contributed by atoms with Gasteiger partial charge in [-0.3, -0.25) is 14.5 Å². The SMILES string of the molecule is CCC1(c2ccc(F)cc2)NC(=O)N(CC(=O)NC(C)c2cccc(Cl)c2)C1=O. The van der Waals surface area contributed by atoms with Gasteiger partial charge in [0, 0.05) is 5.02 Å². The topological polar surface area (TPSA) is 78.5 Å². The molecule has 0 bridgehead atoms. The highest BCUT2D eigenvalue weighted by atomic mass is 35.5. The van der Waals surface area contributed by atoms with E-state index in [2.05, 4.69) is 10.6 Å². The minimum atomic E-state index is -1.32. The first-order valence-electron chi connectivity index (χ1n) is 9.22. The third-order valence-electron chi connectivity index (χ3n) is 5.07. The maximum atomic E-state index is 13.3. The molecule has 0 aromatic heterocycles. The standard InChI is InChI=1S/C21H21ClFN3O3/c1-3-21(15-7-9-17(23)10-8-15)19(28)26(20(29)25-21)12-18(27)24-13(2)14-5-4-6-16(22)11-14/h4-11,13H,3,12H2,1-2H3,(H,24,27)(H,25,29). The van der Waals surface area contributed by atoms with Crippen molar-refractivity contribution in [1.82, 2.24) is 15.5 Å². The number of carbonyl (C=O) groups excluding carboxylic acids is 3. The summed E-state index contributed by atoms with van der Waals surface area (Å²) in [4.78, 5) is 38.9. The molecule has 2 aromatic carbocycles. The zero-order chi connectivity index (χ0) is 21.2. The first-order chi connectivity index (χ1) is 13.8. The molecule has 2 aromatic rings. The molecule has 1 heterocycles. The van der Waals surface area contributed by atoms with Crippen molar-refractivity contribution >= 4 is 29.4 Å². The molecule has 2 atom stereocenters. The van der Waals surface area contributed by atoms with Crippen molar-refractivity contribution in [3.05, 3.63) is 70.5 Å². The van der Waals surface area contributed by atoms with E-state index in [4.69, 9.17) is 11.6 Å². The smallest absolute Gasteiger partial charge is 0.325 e. The van der Waals surface area contributed by atoms with Gasteiger partial charge < -0.3 is 10.6 Å². The Bertz CT molecular complexity index is 950. The summed E-state index contributed by atoms with van der Waals surface area (Å²) in [5, 5.41) is 5.98. The largest absolute Gasteiger partial charge is 0.348 e. The molecule has 3 rings (SSSR count). The van der Waals surface area contributed by atoms with Crippen molar-refractivity contribution in [2.24, 2.45) is 0 Å². The van der Waals surface area contributed by atoms with E-state index < -0.39 is 35.7 Å². The van der Waals surface area contributed by atoms with Crippen LogP contribution >= 0.6 is 11.6 Å². The van der Waals surface area contributed by atoms with Crippen LogP contribution < -0.4 is 10.6 Å². The Morgan fingerprint density at radius 2 is 1.93 bits per heavy atom. The molecule has 152 valence electrons. The predicted octanol–water partition coefficient (Wildman–Crippen LogP) is 3.51. The molecule has 29 heavy (non-hydrogen) atoms. The van der Waals surface area contributed by atoms with Gasteiger partial charge in [-0.25, -0.2) is 9.18 Å². The molecule has 8 heteroatoms. The van der Waals surface area contributed by atoms with Crippen molar-refractivity contribution in [1.29, 1.82) is 0 Å². The van der Waals surface area contributed by atoms with Crippen LogP contribution in [0.5, 0.6) is 0 Å². The minimum Gasteiger partial charge on any atom is -0.348 e. The highest BCUT2D eigenvalue weighted by molar-refractivity contribution is 6.30. The Labute approximate surface area is 173 Å². The Hall–Kier alpha value is -2.93. The van der Waals surface area contributed by atoms with Crippen LogP contribution in [0.4, 0.5) is 9.18 Å². The summed E-state index contributed by atoms with van der Waals surface area (Å²) in [6.07, 6.45) is 0.264. The predicted molar refractivity (Wildman–Crippen MR) is 107 cm³/mol. The number of hydrogen-bond acceptors (Lipinski definition) is 3. The average Bonchev–Trinajstić information content (AvgIpc) is 2.93. The number of nitrogens with zero attached hydrogens (tertiary/aromatic N) is 1. The number of amides is 4. The van der Waals surface area contributed by atoms with E-state index in [1.807, 2.05) is 6.07 Å². The van der Waals surface area contributed by atoms with Gasteiger partial charge in [0.15, 0.2) is 0 Å². The highest BCUT2D eigenvalue weighted by Gasteiger charge is 2.51. The van der Waals surface area contributed by atoms with Crippen molar-refractivity contribution in [2.45, 2.75) is 31.8 Å². The average molecular weight is 418 g/mol. The molecule has 0 saturated carbocycles. The Kier molecular flexibility index (Phi) is 5.88. The molecule has 1 aliphatic rings. The second kappa shape index (κ2) is 8.21. The van der Waals surface area contributed by atoms with Crippen molar-refractivity contribution in [3.63, 3.8) is 0 Å². The van der Waals surface area contributed by atoms with Gasteiger partial charge >= 0.3 is 6.03 Å². The first kappa shape index (κ1) is 20.8. The van der Waals surface area contributed by atoms with E-state index in [1.165, 1.54) is 24.3 Å². The fourth-order valence-electron chi connectivity index (χ4n) is 3.43. The zero-order valence-electron chi connectivity index (χ0n) is 16.0. The first-order valence-corrected chi connectivity index (χ1v) is 9.59. The highest BCUT2D eigenvalue weighted by Crippen LogP contribution is 2.32. The van der Waals surface area contributed by atoms with Gasteiger partial charge in [0.1, 0.15) is 17.9 Å². The molecule has 2 N–H and O–H groups in total. The number of rotatable bonds is 6. The van der Waals surface area contributed by atoms with Crippen LogP contribution in [-0.2, 0) is 15.1 Å². The summed E-state index contributed by atoms with van der Waals surface area (Å²) >= 11 is 5.97. The molecule has 1 saturated heterocycles. The zero-order valence-corrected chi connectivity index (χ0v) is 16.8. The number of nitrogens with one attached hydrogen (secondary N) is 2. The number of urea groups is 1. The number of carbonyl (C=O) groups is 3. The van der Waals surface area contributed by atoms with Crippen LogP contribution in [0.3, 0.4) is 0 Å². The molecule has 0 aliphatic carbocycles. The molecule has 6 nitrogen and oxygen atoms in total. The van der Waals surface area contributed by atoms with Crippen LogP contribution in [-0.4, -0.2) is 29.3 Å². The molecule has 1 fully saturated rings. The van der Waals surface area contributed by atoms with Crippen LogP contribution in [0.2, 0.25) is 5.02 Å². The van der Waals surface area contributed by atoms with Crippen LogP contribution in [0, 0.1) is 5.82 Å². The lowest BCUT2D eigenvalue weighted by molar-refractivity contribution is -0.135. The monoisotopic (exact) mass is 417 g/mol. The summed E-state index contributed by atoms with van der Waals surface area (Å²) in [6, 6.07) is 11.4. The van der Waals surface area contributed by atoms with E-state index in [0.717, 1.165) is 10.5 Å². The van der Waals surface area contributed by atoms with E-state index in [9.17, 15) is 18.8 Å². The molecule has 0 spiro atoms. The van der Waals surface area contributed by atoms with Gasteiger partial charge in [0.25, 0.3) is 5.91 Å². The fraction of sp³-hybridized carbons (Fsp3) is 0.286. The van der Waals surface area contributed by atoms with Crippen LogP contribution in [0.15, 0.2) is 48.5 Å². The van der Waals surface area contributed by atoms with E-state index >= 15 is 0 Å². The molecule has 4 amide bonds. The van der Waals surface area contributed by atoms with Gasteiger partial charge in [0.2, 0.25) is 5.91 Å². The maximum absolute atomic E-state index is 13.3. The van der Waals surface area contributed by atoms with Gasteiger partial charge in [-0.05, 0) is 48.7 Å². The third-order valence-corrected chi connectivity index (χ3v) is 5.31. The number of halogens is 2. The molecular formula is C21H21ClFN3O3. The third kappa shape index (κ3) is 4.10. The Balaban J connectivity index is 1.74. The summed E-state index contributed by atoms with van der Waals surface area (Å²) in [5.74, 6) is -1.46. The van der Waals surface area contributed by atoms with Gasteiger partial charge in [-0.1, -0.05) is 42.8 Å². The Morgan fingerprint density at radius 3 is 2.55 bits per heavy atom. The summed E-state index contributed by atoms with van der Waals surface area (Å²) in [6.45, 7) is 3.11. The second-order valence-corrected chi connectivity index (χ2v) is 7.37. The number of imide groups is 1. The summed E-state index contributed by atoms with van der Waals surface area (Å²) in [7, 11) is 0. The lowest BCUT2D eigenvalue weighted by atomic mass is 9.87. The molecule has 1 aliphatic heterocycles. The van der Waals surface area contributed by atoms with E-state index in [-0.39, 0.29) is 12.5 Å². The summed E-state index contributed by atoms with van der Waals surface area (Å²) < 4.78 is 13.3. The maximum Gasteiger partial charge on any atom is 0.325 e. The lowest BCUT2D eigenvalue weighted by Crippen LogP contribution is -2.45. The van der Waals surface area contributed by atoms with Crippen LogP contribution in [0.1, 0.15) is 37.4 Å². The van der Waals surface area contributed by atoms with E-state index in [0.29, 0.717) is 10.6 Å². The van der Waals surface area contributed by atoms with Crippen molar-refractivity contribution in [2.75, 3.05) is 6.54 Å². The van der Waals surface area contributed by atoms with Gasteiger partial charge in [-0.2, -0.15) is 0 Å². The van der Waals surface area contributed by atoms with E-state index in [1.54, 1.807) is 32.0 Å². The molecule has 2 unspecified atom stereocenters. The Morgan fingerprint density at radius 1 is 1.24 bits per heavy atom. The quantitative estimate of drug-likeness (QED) is 0.706. The normalized spacial score (nSPS) is 19.8. The molecule has 0 radical (unpaired) electrons. The molecular weight excluding hydrogens is 397 g/mol. The summed E-state index contributed by atoms with van der Waals surface area (Å²) in [5.41, 5.74) is -0.0453. The lowest BCUT2D eigenvalue weighted by Gasteiger charge is -2.25. The second-order valence-electron chi connectivity index (χ2n) is 6.93. The van der Waals surface area contributed by atoms with Crippen LogP contribution in [0.25, 0.3) is 0 Å². The van der Waals surface area contributed by atoms with Crippen molar-refractivity contribution < 1.29 is 18.8 Å². The van der Waals surface area contributed by atoms with Crippen molar-refractivity contribution in [3.8, 4) is 0 Å². The number of benzene rings is 2. The minimum absolute atomic E-state index is 0.264.